The fraction of sp³-hybridized carbons (Fsp3) is 0.286. The molecule has 6 heteroatoms. The van der Waals surface area contributed by atoms with Gasteiger partial charge >= 0.3 is 0 Å². The molecule has 0 aromatic carbocycles. The monoisotopic (exact) mass is 319 g/mol. The van der Waals surface area contributed by atoms with E-state index >= 15 is 0 Å². The van der Waals surface area contributed by atoms with Gasteiger partial charge in [0.2, 0.25) is 0 Å². The molecule has 0 aliphatic heterocycles. The lowest BCUT2D eigenvalue weighted by Crippen LogP contribution is -1.98. The molecular weight excluding hydrogens is 314 g/mol. The quantitative estimate of drug-likeness (QED) is 0.672. The zero-order chi connectivity index (χ0) is 10.0. The molecule has 72 valence electrons. The zero-order valence-corrected chi connectivity index (χ0v) is 9.18. The summed E-state index contributed by atoms with van der Waals surface area (Å²) in [7, 11) is 0. The standard InChI is InChI=1S/C7H5ClF2INO/c8-6-3(7(9)10)1-4(11)5(2-13)12-6/h1,7,13H,2H2. The molecule has 0 fully saturated rings. The average molecular weight is 319 g/mol. The molecule has 0 aliphatic rings. The molecule has 13 heavy (non-hydrogen) atoms. The molecule has 1 rings (SSSR count). The van der Waals surface area contributed by atoms with E-state index in [1.54, 1.807) is 0 Å². The van der Waals surface area contributed by atoms with Gasteiger partial charge in [-0.2, -0.15) is 0 Å². The molecule has 1 heterocycles. The van der Waals surface area contributed by atoms with Gasteiger partial charge in [0.05, 0.1) is 17.9 Å². The van der Waals surface area contributed by atoms with E-state index in [4.69, 9.17) is 16.7 Å². The van der Waals surface area contributed by atoms with Crippen LogP contribution in [0.15, 0.2) is 6.07 Å². The van der Waals surface area contributed by atoms with Gasteiger partial charge < -0.3 is 5.11 Å². The van der Waals surface area contributed by atoms with Crippen LogP contribution in [0.2, 0.25) is 5.15 Å². The molecule has 0 saturated carbocycles. The summed E-state index contributed by atoms with van der Waals surface area (Å²) in [5.41, 5.74) is 0.0123. The molecule has 0 spiro atoms. The number of pyridine rings is 1. The predicted octanol–water partition coefficient (Wildman–Crippen LogP) is 2.77. The van der Waals surface area contributed by atoms with E-state index in [-0.39, 0.29) is 17.3 Å². The Bertz CT molecular complexity index is 322. The van der Waals surface area contributed by atoms with Crippen molar-refractivity contribution < 1.29 is 13.9 Å². The Morgan fingerprint density at radius 3 is 2.69 bits per heavy atom. The van der Waals surface area contributed by atoms with Gasteiger partial charge in [0.25, 0.3) is 6.43 Å². The van der Waals surface area contributed by atoms with Crippen LogP contribution in [0.5, 0.6) is 0 Å². The van der Waals surface area contributed by atoms with Crippen LogP contribution in [0.3, 0.4) is 0 Å². The van der Waals surface area contributed by atoms with Crippen LogP contribution in [0.1, 0.15) is 17.7 Å². The van der Waals surface area contributed by atoms with Gasteiger partial charge in [-0.15, -0.1) is 0 Å². The van der Waals surface area contributed by atoms with Crippen molar-refractivity contribution in [1.82, 2.24) is 4.98 Å². The summed E-state index contributed by atoms with van der Waals surface area (Å²) in [6.07, 6.45) is -2.64. The lowest BCUT2D eigenvalue weighted by atomic mass is 10.2. The third-order valence-electron chi connectivity index (χ3n) is 1.41. The SMILES string of the molecule is OCc1nc(Cl)c(C(F)F)cc1I. The Balaban J connectivity index is 3.20. The summed E-state index contributed by atoms with van der Waals surface area (Å²) in [5.74, 6) is 0. The minimum absolute atomic E-state index is 0.250. The molecule has 0 saturated heterocycles. The van der Waals surface area contributed by atoms with Gasteiger partial charge in [-0.25, -0.2) is 13.8 Å². The second-order valence-electron chi connectivity index (χ2n) is 2.26. The van der Waals surface area contributed by atoms with Crippen molar-refractivity contribution in [2.75, 3.05) is 0 Å². The molecule has 0 unspecified atom stereocenters. The zero-order valence-electron chi connectivity index (χ0n) is 6.27. The Labute approximate surface area is 92.1 Å². The lowest BCUT2D eigenvalue weighted by molar-refractivity contribution is 0.151. The van der Waals surface area contributed by atoms with Crippen LogP contribution in [0, 0.1) is 3.57 Å². The van der Waals surface area contributed by atoms with Crippen molar-refractivity contribution in [3.63, 3.8) is 0 Å². The molecule has 0 aliphatic carbocycles. The number of hydrogen-bond donors (Lipinski definition) is 1. The summed E-state index contributed by atoms with van der Waals surface area (Å²) in [6, 6.07) is 1.23. The molecule has 1 aromatic rings. The maximum atomic E-state index is 12.3. The maximum absolute atomic E-state index is 12.3. The molecule has 0 bridgehead atoms. The minimum Gasteiger partial charge on any atom is -0.390 e. The van der Waals surface area contributed by atoms with Crippen molar-refractivity contribution in [3.05, 3.63) is 26.0 Å². The van der Waals surface area contributed by atoms with Crippen LogP contribution in [-0.4, -0.2) is 10.1 Å². The van der Waals surface area contributed by atoms with Crippen LogP contribution < -0.4 is 0 Å². The number of aliphatic hydroxyl groups is 1. The van der Waals surface area contributed by atoms with Gasteiger partial charge in [-0.05, 0) is 28.7 Å². The van der Waals surface area contributed by atoms with Crippen LogP contribution in [0.4, 0.5) is 8.78 Å². The third kappa shape index (κ3) is 2.47. The van der Waals surface area contributed by atoms with E-state index in [9.17, 15) is 8.78 Å². The predicted molar refractivity (Wildman–Crippen MR) is 52.8 cm³/mol. The van der Waals surface area contributed by atoms with Crippen molar-refractivity contribution in [2.45, 2.75) is 13.0 Å². The molecule has 0 radical (unpaired) electrons. The normalized spacial score (nSPS) is 10.9. The number of rotatable bonds is 2. The minimum atomic E-state index is -2.64. The topological polar surface area (TPSA) is 33.1 Å². The second kappa shape index (κ2) is 4.47. The van der Waals surface area contributed by atoms with E-state index in [1.165, 1.54) is 6.07 Å². The van der Waals surface area contributed by atoms with E-state index in [0.29, 0.717) is 9.26 Å². The molecule has 0 atom stereocenters. The number of aromatic nitrogens is 1. The number of hydrogen-bond acceptors (Lipinski definition) is 2. The fourth-order valence-electron chi connectivity index (χ4n) is 0.780. The highest BCUT2D eigenvalue weighted by molar-refractivity contribution is 14.1. The summed E-state index contributed by atoms with van der Waals surface area (Å²) in [6.45, 7) is -0.304. The highest BCUT2D eigenvalue weighted by Gasteiger charge is 2.15. The van der Waals surface area contributed by atoms with Crippen LogP contribution >= 0.6 is 34.2 Å². The molecule has 1 N–H and O–H groups in total. The van der Waals surface area contributed by atoms with Crippen LogP contribution in [-0.2, 0) is 6.61 Å². The third-order valence-corrected chi connectivity index (χ3v) is 2.65. The first-order valence-corrected chi connectivity index (χ1v) is 4.75. The van der Waals surface area contributed by atoms with Crippen LogP contribution in [0.25, 0.3) is 0 Å². The highest BCUT2D eigenvalue weighted by atomic mass is 127. The molecule has 0 amide bonds. The first kappa shape index (κ1) is 11.1. The van der Waals surface area contributed by atoms with Crippen molar-refractivity contribution in [3.8, 4) is 0 Å². The first-order chi connectivity index (χ1) is 6.06. The molecular formula is C7H5ClF2INO. The van der Waals surface area contributed by atoms with Gasteiger partial charge in [0.15, 0.2) is 0 Å². The van der Waals surface area contributed by atoms with E-state index in [1.807, 2.05) is 22.6 Å². The van der Waals surface area contributed by atoms with E-state index in [0.717, 1.165) is 0 Å². The smallest absolute Gasteiger partial charge is 0.266 e. The lowest BCUT2D eigenvalue weighted by Gasteiger charge is -2.05. The Morgan fingerprint density at radius 1 is 1.62 bits per heavy atom. The highest BCUT2D eigenvalue weighted by Crippen LogP contribution is 2.28. The van der Waals surface area contributed by atoms with Crippen molar-refractivity contribution in [1.29, 1.82) is 0 Å². The largest absolute Gasteiger partial charge is 0.390 e. The van der Waals surface area contributed by atoms with E-state index in [2.05, 4.69) is 4.98 Å². The number of nitrogens with zero attached hydrogens (tertiary/aromatic N) is 1. The van der Waals surface area contributed by atoms with Gasteiger partial charge in [0.1, 0.15) is 5.15 Å². The fourth-order valence-corrected chi connectivity index (χ4v) is 1.65. The maximum Gasteiger partial charge on any atom is 0.266 e. The summed E-state index contributed by atoms with van der Waals surface area (Å²) in [4.78, 5) is 3.64. The van der Waals surface area contributed by atoms with Gasteiger partial charge in [-0.1, -0.05) is 11.6 Å². The summed E-state index contributed by atoms with van der Waals surface area (Å²) in [5, 5.41) is 8.51. The van der Waals surface area contributed by atoms with E-state index < -0.39 is 6.43 Å². The average Bonchev–Trinajstić information content (AvgIpc) is 2.07. The molecule has 1 aromatic heterocycles. The van der Waals surface area contributed by atoms with Crippen molar-refractivity contribution >= 4 is 34.2 Å². The Hall–Kier alpha value is -0.0100. The summed E-state index contributed by atoms with van der Waals surface area (Å²) >= 11 is 7.29. The number of halogens is 4. The number of alkyl halides is 2. The number of aliphatic hydroxyl groups excluding tert-OH is 1. The summed E-state index contributed by atoms with van der Waals surface area (Å²) < 4.78 is 25.0. The van der Waals surface area contributed by atoms with Gasteiger partial charge in [-0.3, -0.25) is 0 Å². The molecule has 2 nitrogen and oxygen atoms in total. The second-order valence-corrected chi connectivity index (χ2v) is 3.78. The van der Waals surface area contributed by atoms with Gasteiger partial charge in [0, 0.05) is 3.57 Å². The Kier molecular flexibility index (Phi) is 3.81. The van der Waals surface area contributed by atoms with Crippen molar-refractivity contribution in [2.24, 2.45) is 0 Å². The first-order valence-electron chi connectivity index (χ1n) is 3.30. The Morgan fingerprint density at radius 2 is 2.23 bits per heavy atom.